The highest BCUT2D eigenvalue weighted by Crippen LogP contribution is 2.26. The van der Waals surface area contributed by atoms with Gasteiger partial charge in [-0.25, -0.2) is 4.98 Å². The van der Waals surface area contributed by atoms with Crippen LogP contribution in [0.5, 0.6) is 5.75 Å². The van der Waals surface area contributed by atoms with Crippen molar-refractivity contribution in [2.45, 2.75) is 6.42 Å². The fraction of sp³-hybridized carbons (Fsp3) is 0.0909. The summed E-state index contributed by atoms with van der Waals surface area (Å²) in [6.07, 6.45) is 0.289. The lowest BCUT2D eigenvalue weighted by Gasteiger charge is -2.07. The van der Waals surface area contributed by atoms with Crippen molar-refractivity contribution in [1.82, 2.24) is 4.98 Å². The van der Waals surface area contributed by atoms with E-state index in [1.807, 2.05) is 72.8 Å². The van der Waals surface area contributed by atoms with Crippen LogP contribution < -0.4 is 10.1 Å². The molecule has 27 heavy (non-hydrogen) atoms. The molecule has 1 amide bonds. The van der Waals surface area contributed by atoms with E-state index in [9.17, 15) is 4.79 Å². The van der Waals surface area contributed by atoms with Gasteiger partial charge in [-0.05, 0) is 48.0 Å². The van der Waals surface area contributed by atoms with Crippen LogP contribution in [0.25, 0.3) is 22.6 Å². The molecule has 0 aliphatic carbocycles. The van der Waals surface area contributed by atoms with Gasteiger partial charge in [0.2, 0.25) is 11.8 Å². The van der Waals surface area contributed by atoms with Crippen molar-refractivity contribution in [3.05, 3.63) is 78.4 Å². The molecule has 0 aliphatic rings. The number of benzene rings is 3. The van der Waals surface area contributed by atoms with E-state index in [4.69, 9.17) is 9.15 Å². The predicted molar refractivity (Wildman–Crippen MR) is 105 cm³/mol. The van der Waals surface area contributed by atoms with Crippen molar-refractivity contribution in [3.8, 4) is 17.2 Å². The number of amides is 1. The summed E-state index contributed by atoms with van der Waals surface area (Å²) < 4.78 is 10.9. The average molecular weight is 358 g/mol. The van der Waals surface area contributed by atoms with E-state index in [0.29, 0.717) is 11.6 Å². The molecular formula is C22H18N2O3. The van der Waals surface area contributed by atoms with Crippen molar-refractivity contribution in [2.75, 3.05) is 12.4 Å². The van der Waals surface area contributed by atoms with Crippen LogP contribution in [0.3, 0.4) is 0 Å². The van der Waals surface area contributed by atoms with Crippen LogP contribution >= 0.6 is 0 Å². The van der Waals surface area contributed by atoms with Gasteiger partial charge in [0.1, 0.15) is 11.3 Å². The van der Waals surface area contributed by atoms with Gasteiger partial charge < -0.3 is 14.5 Å². The number of aromatic nitrogens is 1. The molecule has 0 atom stereocenters. The number of anilines is 1. The number of nitrogens with one attached hydrogen (secondary N) is 1. The number of hydrogen-bond acceptors (Lipinski definition) is 4. The number of hydrogen-bond donors (Lipinski definition) is 1. The highest BCUT2D eigenvalue weighted by atomic mass is 16.5. The molecule has 0 unspecified atom stereocenters. The van der Waals surface area contributed by atoms with Gasteiger partial charge in [-0.3, -0.25) is 4.79 Å². The summed E-state index contributed by atoms with van der Waals surface area (Å²) in [6.45, 7) is 0. The van der Waals surface area contributed by atoms with Crippen molar-refractivity contribution in [1.29, 1.82) is 0 Å². The Morgan fingerprint density at radius 1 is 1.04 bits per heavy atom. The summed E-state index contributed by atoms with van der Waals surface area (Å²) in [5.41, 5.74) is 3.98. The van der Waals surface area contributed by atoms with Crippen LogP contribution in [-0.4, -0.2) is 18.0 Å². The number of carbonyl (C=O) groups excluding carboxylic acids is 1. The number of ether oxygens (including phenoxy) is 1. The van der Waals surface area contributed by atoms with Crippen molar-refractivity contribution >= 4 is 22.7 Å². The molecule has 4 rings (SSSR count). The zero-order chi connectivity index (χ0) is 18.6. The van der Waals surface area contributed by atoms with Crippen LogP contribution in [0, 0.1) is 0 Å². The molecule has 0 fully saturated rings. The van der Waals surface area contributed by atoms with Crippen LogP contribution in [0.4, 0.5) is 5.69 Å². The topological polar surface area (TPSA) is 64.4 Å². The lowest BCUT2D eigenvalue weighted by Crippen LogP contribution is -2.14. The maximum Gasteiger partial charge on any atom is 0.228 e. The SMILES string of the molecule is COc1ccc(CC(=O)Nc2cccc(-c3nc4ccccc4o3)c2)cc1. The summed E-state index contributed by atoms with van der Waals surface area (Å²) in [6, 6.07) is 22.5. The van der Waals surface area contributed by atoms with E-state index in [0.717, 1.165) is 28.0 Å². The Labute approximate surface area is 156 Å². The van der Waals surface area contributed by atoms with Crippen LogP contribution in [0.1, 0.15) is 5.56 Å². The molecule has 0 saturated carbocycles. The third-order valence-electron chi connectivity index (χ3n) is 4.21. The Morgan fingerprint density at radius 2 is 1.85 bits per heavy atom. The first kappa shape index (κ1) is 16.8. The molecule has 134 valence electrons. The fourth-order valence-corrected chi connectivity index (χ4v) is 2.86. The zero-order valence-corrected chi connectivity index (χ0v) is 14.8. The second-order valence-corrected chi connectivity index (χ2v) is 6.14. The maximum absolute atomic E-state index is 12.3. The van der Waals surface area contributed by atoms with Crippen molar-refractivity contribution in [3.63, 3.8) is 0 Å². The Kier molecular flexibility index (Phi) is 4.58. The number of para-hydroxylation sites is 2. The lowest BCUT2D eigenvalue weighted by atomic mass is 10.1. The first-order valence-electron chi connectivity index (χ1n) is 8.60. The van der Waals surface area contributed by atoms with E-state index in [2.05, 4.69) is 10.3 Å². The van der Waals surface area contributed by atoms with Crippen LogP contribution in [0.15, 0.2) is 77.2 Å². The van der Waals surface area contributed by atoms with Gasteiger partial charge in [0.05, 0.1) is 13.5 Å². The average Bonchev–Trinajstić information content (AvgIpc) is 3.13. The number of methoxy groups -OCH3 is 1. The molecule has 0 spiro atoms. The summed E-state index contributed by atoms with van der Waals surface area (Å²) >= 11 is 0. The molecule has 5 nitrogen and oxygen atoms in total. The molecule has 0 saturated heterocycles. The molecule has 0 aliphatic heterocycles. The summed E-state index contributed by atoms with van der Waals surface area (Å²) in [4.78, 5) is 16.8. The van der Waals surface area contributed by atoms with Gasteiger partial charge in [0.25, 0.3) is 0 Å². The summed E-state index contributed by atoms with van der Waals surface area (Å²) in [5, 5.41) is 2.92. The second-order valence-electron chi connectivity index (χ2n) is 6.14. The molecule has 1 aromatic heterocycles. The van der Waals surface area contributed by atoms with Gasteiger partial charge in [-0.2, -0.15) is 0 Å². The van der Waals surface area contributed by atoms with Gasteiger partial charge in [-0.15, -0.1) is 0 Å². The van der Waals surface area contributed by atoms with Gasteiger partial charge >= 0.3 is 0 Å². The molecule has 4 aromatic rings. The number of fused-ring (bicyclic) bond motifs is 1. The minimum Gasteiger partial charge on any atom is -0.497 e. The highest BCUT2D eigenvalue weighted by Gasteiger charge is 2.10. The summed E-state index contributed by atoms with van der Waals surface area (Å²) in [7, 11) is 1.62. The minimum absolute atomic E-state index is 0.0881. The smallest absolute Gasteiger partial charge is 0.228 e. The molecule has 0 radical (unpaired) electrons. The predicted octanol–water partition coefficient (Wildman–Crippen LogP) is 4.68. The third-order valence-corrected chi connectivity index (χ3v) is 4.21. The number of oxazole rings is 1. The van der Waals surface area contributed by atoms with Crippen LogP contribution in [0.2, 0.25) is 0 Å². The Morgan fingerprint density at radius 3 is 2.63 bits per heavy atom. The third kappa shape index (κ3) is 3.82. The van der Waals surface area contributed by atoms with Crippen molar-refractivity contribution < 1.29 is 13.9 Å². The quantitative estimate of drug-likeness (QED) is 0.562. The standard InChI is InChI=1S/C22H18N2O3/c1-26-18-11-9-15(10-12-18)13-21(25)23-17-6-4-5-16(14-17)22-24-19-7-2-3-8-20(19)27-22/h2-12,14H,13H2,1H3,(H,23,25). The molecule has 0 bridgehead atoms. The van der Waals surface area contributed by atoms with E-state index in [1.165, 1.54) is 0 Å². The largest absolute Gasteiger partial charge is 0.497 e. The molecule has 1 N–H and O–H groups in total. The van der Waals surface area contributed by atoms with E-state index in [1.54, 1.807) is 7.11 Å². The van der Waals surface area contributed by atoms with Crippen LogP contribution in [-0.2, 0) is 11.2 Å². The van der Waals surface area contributed by atoms with Gasteiger partial charge in [-0.1, -0.05) is 30.3 Å². The first-order valence-corrected chi connectivity index (χ1v) is 8.60. The molecule has 1 heterocycles. The first-order chi connectivity index (χ1) is 13.2. The number of nitrogens with zero attached hydrogens (tertiary/aromatic N) is 1. The minimum atomic E-state index is -0.0881. The Bertz CT molecular complexity index is 1050. The monoisotopic (exact) mass is 358 g/mol. The zero-order valence-electron chi connectivity index (χ0n) is 14.8. The Balaban J connectivity index is 1.49. The number of carbonyl (C=O) groups is 1. The normalized spacial score (nSPS) is 10.7. The lowest BCUT2D eigenvalue weighted by molar-refractivity contribution is -0.115. The molecule has 3 aromatic carbocycles. The van der Waals surface area contributed by atoms with Crippen molar-refractivity contribution in [2.24, 2.45) is 0 Å². The number of rotatable bonds is 5. The molecular weight excluding hydrogens is 340 g/mol. The van der Waals surface area contributed by atoms with E-state index < -0.39 is 0 Å². The maximum atomic E-state index is 12.3. The van der Waals surface area contributed by atoms with E-state index in [-0.39, 0.29) is 12.3 Å². The fourth-order valence-electron chi connectivity index (χ4n) is 2.86. The Hall–Kier alpha value is -3.60. The second kappa shape index (κ2) is 7.33. The van der Waals surface area contributed by atoms with Gasteiger partial charge in [0, 0.05) is 11.3 Å². The van der Waals surface area contributed by atoms with E-state index >= 15 is 0 Å². The van der Waals surface area contributed by atoms with Gasteiger partial charge in [0.15, 0.2) is 5.58 Å². The highest BCUT2D eigenvalue weighted by molar-refractivity contribution is 5.93. The summed E-state index contributed by atoms with van der Waals surface area (Å²) in [5.74, 6) is 1.21. The molecule has 5 heteroatoms.